The second-order valence-electron chi connectivity index (χ2n) is 3.10. The molecule has 0 radical (unpaired) electrons. The molecule has 0 saturated heterocycles. The summed E-state index contributed by atoms with van der Waals surface area (Å²) in [7, 11) is 0. The smallest absolute Gasteiger partial charge is 0.0465 e. The first-order valence-corrected chi connectivity index (χ1v) is 4.43. The van der Waals surface area contributed by atoms with Crippen molar-refractivity contribution in [3.63, 3.8) is 0 Å². The Morgan fingerprint density at radius 3 is 3.08 bits per heavy atom. The third-order valence-corrected chi connectivity index (χ3v) is 2.62. The largest absolute Gasteiger partial charge is 0.271 e. The summed E-state index contributed by atoms with van der Waals surface area (Å²) in [5.74, 6) is 5.40. The highest BCUT2D eigenvalue weighted by atomic mass is 35.5. The average Bonchev–Trinajstić information content (AvgIpc) is 2.46. The van der Waals surface area contributed by atoms with Gasteiger partial charge in [-0.05, 0) is 36.1 Å². The van der Waals surface area contributed by atoms with Crippen LogP contribution in [0, 0.1) is 0 Å². The van der Waals surface area contributed by atoms with E-state index in [-0.39, 0.29) is 0 Å². The highest BCUT2D eigenvalue weighted by Crippen LogP contribution is 2.31. The van der Waals surface area contributed by atoms with Gasteiger partial charge in [0.1, 0.15) is 0 Å². The van der Waals surface area contributed by atoms with Gasteiger partial charge in [-0.1, -0.05) is 17.7 Å². The molecule has 0 aromatic heterocycles. The van der Waals surface area contributed by atoms with Crippen molar-refractivity contribution in [2.75, 3.05) is 0 Å². The molecule has 12 heavy (non-hydrogen) atoms. The molecule has 1 aromatic rings. The Kier molecular flexibility index (Phi) is 2.05. The third-order valence-electron chi connectivity index (χ3n) is 2.38. The minimum Gasteiger partial charge on any atom is -0.271 e. The summed E-state index contributed by atoms with van der Waals surface area (Å²) in [5, 5.41) is 0.812. The molecule has 0 saturated carbocycles. The van der Waals surface area contributed by atoms with Gasteiger partial charge in [0.15, 0.2) is 0 Å². The van der Waals surface area contributed by atoms with E-state index >= 15 is 0 Å². The molecule has 0 aliphatic heterocycles. The fourth-order valence-corrected chi connectivity index (χ4v) is 1.95. The fraction of sp³-hybridized carbons (Fsp3) is 0.333. The van der Waals surface area contributed by atoms with Crippen molar-refractivity contribution in [3.05, 3.63) is 34.3 Å². The normalized spacial score (nSPS) is 21.0. The van der Waals surface area contributed by atoms with Crippen LogP contribution in [0.25, 0.3) is 0 Å². The van der Waals surface area contributed by atoms with E-state index in [9.17, 15) is 0 Å². The maximum Gasteiger partial charge on any atom is 0.0465 e. The first kappa shape index (κ1) is 8.05. The molecule has 1 unspecified atom stereocenters. The highest BCUT2D eigenvalue weighted by molar-refractivity contribution is 6.30. The molecule has 3 heteroatoms. The van der Waals surface area contributed by atoms with Crippen LogP contribution in [0.15, 0.2) is 18.2 Å². The van der Waals surface area contributed by atoms with Crippen molar-refractivity contribution in [1.82, 2.24) is 5.43 Å². The molecule has 1 aliphatic rings. The number of hydrogen-bond acceptors (Lipinski definition) is 2. The second kappa shape index (κ2) is 3.05. The molecule has 0 fully saturated rings. The Morgan fingerprint density at radius 1 is 1.50 bits per heavy atom. The second-order valence-corrected chi connectivity index (χ2v) is 3.54. The van der Waals surface area contributed by atoms with E-state index in [4.69, 9.17) is 17.4 Å². The van der Waals surface area contributed by atoms with Crippen LogP contribution >= 0.6 is 11.6 Å². The van der Waals surface area contributed by atoms with Gasteiger partial charge in [-0.2, -0.15) is 0 Å². The predicted molar refractivity (Wildman–Crippen MR) is 49.8 cm³/mol. The van der Waals surface area contributed by atoms with Crippen molar-refractivity contribution in [2.24, 2.45) is 5.84 Å². The predicted octanol–water partition coefficient (Wildman–Crippen LogP) is 1.79. The quantitative estimate of drug-likeness (QED) is 0.514. The number of nitrogens with one attached hydrogen (secondary N) is 1. The van der Waals surface area contributed by atoms with Crippen LogP contribution in [0.4, 0.5) is 0 Å². The molecule has 0 amide bonds. The number of halogens is 1. The summed E-state index contributed by atoms with van der Waals surface area (Å²) in [6.45, 7) is 0. The molecule has 0 spiro atoms. The summed E-state index contributed by atoms with van der Waals surface area (Å²) in [4.78, 5) is 0. The Labute approximate surface area is 76.7 Å². The van der Waals surface area contributed by atoms with Crippen LogP contribution in [-0.4, -0.2) is 0 Å². The maximum atomic E-state index is 5.86. The molecule has 64 valence electrons. The van der Waals surface area contributed by atoms with Gasteiger partial charge >= 0.3 is 0 Å². The zero-order chi connectivity index (χ0) is 8.55. The van der Waals surface area contributed by atoms with Gasteiger partial charge in [-0.15, -0.1) is 0 Å². The molecule has 0 bridgehead atoms. The van der Waals surface area contributed by atoms with Crippen molar-refractivity contribution in [3.8, 4) is 0 Å². The van der Waals surface area contributed by atoms with Gasteiger partial charge in [-0.3, -0.25) is 11.3 Å². The van der Waals surface area contributed by atoms with Crippen LogP contribution in [0.3, 0.4) is 0 Å². The molecule has 2 rings (SSSR count). The zero-order valence-corrected chi connectivity index (χ0v) is 7.43. The Balaban J connectivity index is 2.40. The highest BCUT2D eigenvalue weighted by Gasteiger charge is 2.20. The Morgan fingerprint density at radius 2 is 2.33 bits per heavy atom. The van der Waals surface area contributed by atoms with Gasteiger partial charge in [0.2, 0.25) is 0 Å². The topological polar surface area (TPSA) is 38.0 Å². The minimum absolute atomic E-state index is 0.317. The minimum atomic E-state index is 0.317. The molecule has 0 heterocycles. The van der Waals surface area contributed by atoms with Crippen molar-refractivity contribution >= 4 is 11.6 Å². The lowest BCUT2D eigenvalue weighted by atomic mass is 10.1. The lowest BCUT2D eigenvalue weighted by molar-refractivity contribution is 0.551. The summed E-state index contributed by atoms with van der Waals surface area (Å²) < 4.78 is 0. The van der Waals surface area contributed by atoms with Crippen LogP contribution < -0.4 is 11.3 Å². The summed E-state index contributed by atoms with van der Waals surface area (Å²) in [6, 6.07) is 6.30. The van der Waals surface area contributed by atoms with E-state index in [2.05, 4.69) is 11.5 Å². The first-order chi connectivity index (χ1) is 5.81. The fourth-order valence-electron chi connectivity index (χ4n) is 1.76. The van der Waals surface area contributed by atoms with Crippen molar-refractivity contribution in [1.29, 1.82) is 0 Å². The van der Waals surface area contributed by atoms with E-state index in [1.807, 2.05) is 12.1 Å². The standard InChI is InChI=1S/C9H11ClN2/c10-7-2-3-8-6(5-7)1-4-9(8)12-11/h2-3,5,9,12H,1,4,11H2. The van der Waals surface area contributed by atoms with Crippen LogP contribution in [-0.2, 0) is 6.42 Å². The van der Waals surface area contributed by atoms with Gasteiger partial charge in [0, 0.05) is 11.1 Å². The van der Waals surface area contributed by atoms with E-state index in [0.717, 1.165) is 17.9 Å². The Hall–Kier alpha value is -0.570. The van der Waals surface area contributed by atoms with Gasteiger partial charge in [0.25, 0.3) is 0 Å². The van der Waals surface area contributed by atoms with Crippen LogP contribution in [0.2, 0.25) is 5.02 Å². The number of aryl methyl sites for hydroxylation is 1. The van der Waals surface area contributed by atoms with Gasteiger partial charge in [0.05, 0.1) is 0 Å². The third kappa shape index (κ3) is 1.22. The lowest BCUT2D eigenvalue weighted by Crippen LogP contribution is -2.26. The summed E-state index contributed by atoms with van der Waals surface area (Å²) in [6.07, 6.45) is 2.15. The lowest BCUT2D eigenvalue weighted by Gasteiger charge is -2.08. The van der Waals surface area contributed by atoms with Gasteiger partial charge in [-0.25, -0.2) is 0 Å². The van der Waals surface area contributed by atoms with E-state index < -0.39 is 0 Å². The monoisotopic (exact) mass is 182 g/mol. The molecule has 1 aromatic carbocycles. The molecule has 2 nitrogen and oxygen atoms in total. The number of hydrazine groups is 1. The molecule has 1 aliphatic carbocycles. The number of hydrogen-bond donors (Lipinski definition) is 2. The number of fused-ring (bicyclic) bond motifs is 1. The molecular formula is C9H11ClN2. The van der Waals surface area contributed by atoms with Crippen LogP contribution in [0.5, 0.6) is 0 Å². The number of nitrogens with two attached hydrogens (primary N) is 1. The summed E-state index contributed by atoms with van der Waals surface area (Å²) in [5.41, 5.74) is 5.41. The molecule has 3 N–H and O–H groups in total. The zero-order valence-electron chi connectivity index (χ0n) is 6.68. The van der Waals surface area contributed by atoms with Crippen molar-refractivity contribution in [2.45, 2.75) is 18.9 Å². The maximum absolute atomic E-state index is 5.86. The average molecular weight is 183 g/mol. The molecular weight excluding hydrogens is 172 g/mol. The van der Waals surface area contributed by atoms with E-state index in [0.29, 0.717) is 6.04 Å². The SMILES string of the molecule is NNC1CCc2cc(Cl)ccc21. The van der Waals surface area contributed by atoms with Crippen LogP contribution in [0.1, 0.15) is 23.6 Å². The van der Waals surface area contributed by atoms with E-state index in [1.165, 1.54) is 11.1 Å². The summed E-state index contributed by atoms with van der Waals surface area (Å²) >= 11 is 5.86. The molecule has 1 atom stereocenters. The van der Waals surface area contributed by atoms with Gasteiger partial charge < -0.3 is 0 Å². The van der Waals surface area contributed by atoms with Crippen molar-refractivity contribution < 1.29 is 0 Å². The van der Waals surface area contributed by atoms with E-state index in [1.54, 1.807) is 0 Å². The number of benzene rings is 1. The number of rotatable bonds is 1. The first-order valence-electron chi connectivity index (χ1n) is 4.05. The Bertz CT molecular complexity index is 299.